The van der Waals surface area contributed by atoms with Gasteiger partial charge in [0.2, 0.25) is 0 Å². The molecule has 0 saturated carbocycles. The van der Waals surface area contributed by atoms with Gasteiger partial charge in [0.25, 0.3) is 5.91 Å². The van der Waals surface area contributed by atoms with Crippen LogP contribution in [0.1, 0.15) is 18.3 Å². The Morgan fingerprint density at radius 3 is 2.69 bits per heavy atom. The SMILES string of the molecule is Cc1nn(CC(=O)O[C@H](C)C(=O)Nc2cccc(F)c2)c(C)c1[N+](=O)[O-]. The van der Waals surface area contributed by atoms with Crippen LogP contribution in [0.15, 0.2) is 24.3 Å². The second-order valence-electron chi connectivity index (χ2n) is 5.57. The zero-order valence-corrected chi connectivity index (χ0v) is 14.4. The minimum Gasteiger partial charge on any atom is -0.451 e. The highest BCUT2D eigenvalue weighted by Gasteiger charge is 2.24. The molecule has 2 aromatic rings. The van der Waals surface area contributed by atoms with Crippen LogP contribution in [0.5, 0.6) is 0 Å². The van der Waals surface area contributed by atoms with Crippen LogP contribution in [-0.4, -0.2) is 32.7 Å². The molecule has 1 amide bonds. The molecule has 1 aromatic carbocycles. The first kappa shape index (κ1) is 19.0. The van der Waals surface area contributed by atoms with E-state index in [0.717, 1.165) is 10.7 Å². The van der Waals surface area contributed by atoms with Crippen molar-refractivity contribution in [3.8, 4) is 0 Å². The summed E-state index contributed by atoms with van der Waals surface area (Å²) in [6.07, 6.45) is -1.14. The molecule has 2 rings (SSSR count). The van der Waals surface area contributed by atoms with Crippen molar-refractivity contribution in [1.29, 1.82) is 0 Å². The number of carbonyl (C=O) groups is 2. The lowest BCUT2D eigenvalue weighted by atomic mass is 10.3. The molecule has 10 heteroatoms. The summed E-state index contributed by atoms with van der Waals surface area (Å²) in [5.74, 6) is -1.94. The number of benzene rings is 1. The normalized spacial score (nSPS) is 11.7. The van der Waals surface area contributed by atoms with E-state index in [-0.39, 0.29) is 29.3 Å². The lowest BCUT2D eigenvalue weighted by Gasteiger charge is -2.14. The number of esters is 1. The lowest BCUT2D eigenvalue weighted by molar-refractivity contribution is -0.386. The minimum absolute atomic E-state index is 0.172. The number of anilines is 1. The monoisotopic (exact) mass is 364 g/mol. The van der Waals surface area contributed by atoms with Crippen LogP contribution in [0.25, 0.3) is 0 Å². The van der Waals surface area contributed by atoms with E-state index in [1.165, 1.54) is 39.0 Å². The second-order valence-corrected chi connectivity index (χ2v) is 5.57. The summed E-state index contributed by atoms with van der Waals surface area (Å²) >= 11 is 0. The largest absolute Gasteiger partial charge is 0.451 e. The van der Waals surface area contributed by atoms with Crippen LogP contribution in [0.3, 0.4) is 0 Å². The van der Waals surface area contributed by atoms with Crippen molar-refractivity contribution in [3.05, 3.63) is 51.6 Å². The van der Waals surface area contributed by atoms with E-state index < -0.39 is 28.7 Å². The van der Waals surface area contributed by atoms with E-state index in [1.807, 2.05) is 0 Å². The van der Waals surface area contributed by atoms with E-state index in [2.05, 4.69) is 10.4 Å². The third kappa shape index (κ3) is 4.41. The van der Waals surface area contributed by atoms with Crippen molar-refractivity contribution in [2.45, 2.75) is 33.4 Å². The van der Waals surface area contributed by atoms with Gasteiger partial charge in [-0.1, -0.05) is 6.07 Å². The number of hydrogen-bond donors (Lipinski definition) is 1. The molecular weight excluding hydrogens is 347 g/mol. The number of carbonyl (C=O) groups excluding carboxylic acids is 2. The maximum atomic E-state index is 13.1. The van der Waals surface area contributed by atoms with Crippen LogP contribution in [0.2, 0.25) is 0 Å². The number of aromatic nitrogens is 2. The molecule has 0 aliphatic rings. The van der Waals surface area contributed by atoms with Crippen LogP contribution in [0.4, 0.5) is 15.8 Å². The van der Waals surface area contributed by atoms with E-state index in [1.54, 1.807) is 0 Å². The number of nitrogens with zero attached hydrogens (tertiary/aromatic N) is 3. The third-order valence-corrected chi connectivity index (χ3v) is 3.57. The zero-order chi connectivity index (χ0) is 19.4. The molecular formula is C16H17FN4O5. The zero-order valence-electron chi connectivity index (χ0n) is 14.4. The van der Waals surface area contributed by atoms with Crippen LogP contribution in [-0.2, 0) is 20.9 Å². The van der Waals surface area contributed by atoms with Gasteiger partial charge >= 0.3 is 11.7 Å². The molecule has 0 aliphatic carbocycles. The van der Waals surface area contributed by atoms with Crippen LogP contribution >= 0.6 is 0 Å². The highest BCUT2D eigenvalue weighted by atomic mass is 19.1. The van der Waals surface area contributed by atoms with E-state index in [4.69, 9.17) is 4.74 Å². The summed E-state index contributed by atoms with van der Waals surface area (Å²) in [6, 6.07) is 5.27. The first-order valence-electron chi connectivity index (χ1n) is 7.63. The van der Waals surface area contributed by atoms with Crippen molar-refractivity contribution < 1.29 is 23.6 Å². The molecule has 1 heterocycles. The van der Waals surface area contributed by atoms with Gasteiger partial charge in [0.15, 0.2) is 6.10 Å². The molecule has 0 radical (unpaired) electrons. The predicted molar refractivity (Wildman–Crippen MR) is 88.9 cm³/mol. The van der Waals surface area contributed by atoms with Crippen molar-refractivity contribution in [3.63, 3.8) is 0 Å². The maximum Gasteiger partial charge on any atom is 0.328 e. The number of ether oxygens (including phenoxy) is 1. The fourth-order valence-corrected chi connectivity index (χ4v) is 2.33. The fraction of sp³-hybridized carbons (Fsp3) is 0.312. The molecule has 9 nitrogen and oxygen atoms in total. The van der Waals surface area contributed by atoms with Gasteiger partial charge in [-0.15, -0.1) is 0 Å². The number of halogens is 1. The molecule has 1 aromatic heterocycles. The molecule has 1 atom stereocenters. The Morgan fingerprint density at radius 2 is 2.12 bits per heavy atom. The lowest BCUT2D eigenvalue weighted by Crippen LogP contribution is -2.31. The predicted octanol–water partition coefficient (Wildman–Crippen LogP) is 2.12. The average molecular weight is 364 g/mol. The maximum absolute atomic E-state index is 13.1. The van der Waals surface area contributed by atoms with Gasteiger partial charge in [0, 0.05) is 5.69 Å². The van der Waals surface area contributed by atoms with Crippen LogP contribution in [0, 0.1) is 29.8 Å². The number of hydrogen-bond acceptors (Lipinski definition) is 6. The third-order valence-electron chi connectivity index (χ3n) is 3.57. The van der Waals surface area contributed by atoms with Crippen molar-refractivity contribution in [2.24, 2.45) is 0 Å². The molecule has 26 heavy (non-hydrogen) atoms. The van der Waals surface area contributed by atoms with Crippen LogP contribution < -0.4 is 5.32 Å². The molecule has 0 bridgehead atoms. The Kier molecular flexibility index (Phi) is 5.65. The molecule has 0 saturated heterocycles. The van der Waals surface area contributed by atoms with Gasteiger partial charge in [0.05, 0.1) is 4.92 Å². The Balaban J connectivity index is 1.98. The summed E-state index contributed by atoms with van der Waals surface area (Å²) in [6.45, 7) is 3.90. The fourth-order valence-electron chi connectivity index (χ4n) is 2.33. The summed E-state index contributed by atoms with van der Waals surface area (Å²) in [4.78, 5) is 34.4. The number of nitro groups is 1. The smallest absolute Gasteiger partial charge is 0.328 e. The first-order valence-corrected chi connectivity index (χ1v) is 7.63. The van der Waals surface area contributed by atoms with Crippen molar-refractivity contribution in [2.75, 3.05) is 5.32 Å². The Hall–Kier alpha value is -3.30. The van der Waals surface area contributed by atoms with Gasteiger partial charge in [-0.2, -0.15) is 5.10 Å². The standard InChI is InChI=1S/C16H17FN4O5/c1-9-15(21(24)25)10(2)20(19-9)8-14(22)26-11(3)16(23)18-13-6-4-5-12(17)7-13/h4-7,11H,8H2,1-3H3,(H,18,23)/t11-/m1/s1. The Bertz CT molecular complexity index is 864. The first-order chi connectivity index (χ1) is 12.2. The highest BCUT2D eigenvalue weighted by molar-refractivity contribution is 5.95. The summed E-state index contributed by atoms with van der Waals surface area (Å²) in [5, 5.41) is 17.3. The quantitative estimate of drug-likeness (QED) is 0.477. The van der Waals surface area contributed by atoms with E-state index >= 15 is 0 Å². The molecule has 0 fully saturated rings. The Morgan fingerprint density at radius 1 is 1.42 bits per heavy atom. The van der Waals surface area contributed by atoms with Gasteiger partial charge < -0.3 is 10.1 Å². The molecule has 138 valence electrons. The van der Waals surface area contributed by atoms with Gasteiger partial charge in [-0.25, -0.2) is 4.39 Å². The van der Waals surface area contributed by atoms with Crippen molar-refractivity contribution in [1.82, 2.24) is 9.78 Å². The van der Waals surface area contributed by atoms with Gasteiger partial charge in [-0.05, 0) is 39.0 Å². The number of nitrogens with one attached hydrogen (secondary N) is 1. The molecule has 0 aliphatic heterocycles. The number of amides is 1. The minimum atomic E-state index is -1.14. The highest BCUT2D eigenvalue weighted by Crippen LogP contribution is 2.21. The Labute approximate surface area is 147 Å². The molecule has 0 unspecified atom stereocenters. The summed E-state index contributed by atoms with van der Waals surface area (Å²) in [5.41, 5.74) is 0.445. The summed E-state index contributed by atoms with van der Waals surface area (Å²) in [7, 11) is 0. The number of rotatable bonds is 6. The number of aryl methyl sites for hydroxylation is 1. The van der Waals surface area contributed by atoms with E-state index in [9.17, 15) is 24.1 Å². The molecule has 1 N–H and O–H groups in total. The van der Waals surface area contributed by atoms with E-state index in [0.29, 0.717) is 0 Å². The second kappa shape index (κ2) is 7.72. The molecule has 0 spiro atoms. The average Bonchev–Trinajstić information content (AvgIpc) is 2.80. The summed E-state index contributed by atoms with van der Waals surface area (Å²) < 4.78 is 19.3. The van der Waals surface area contributed by atoms with Gasteiger partial charge in [-0.3, -0.25) is 24.4 Å². The van der Waals surface area contributed by atoms with Crippen molar-refractivity contribution >= 4 is 23.3 Å². The topological polar surface area (TPSA) is 116 Å². The van der Waals surface area contributed by atoms with Gasteiger partial charge in [0.1, 0.15) is 23.7 Å².